The zero-order valence-electron chi connectivity index (χ0n) is 10.7. The first-order chi connectivity index (χ1) is 8.28. The van der Waals surface area contributed by atoms with E-state index in [-0.39, 0.29) is 5.91 Å². The molecule has 2 fully saturated rings. The van der Waals surface area contributed by atoms with Crippen LogP contribution in [0.5, 0.6) is 0 Å². The van der Waals surface area contributed by atoms with Crippen molar-refractivity contribution >= 4 is 5.91 Å². The molecule has 4 nitrogen and oxygen atoms in total. The predicted molar refractivity (Wildman–Crippen MR) is 66.8 cm³/mol. The summed E-state index contributed by atoms with van der Waals surface area (Å²) in [7, 11) is 1.73. The highest BCUT2D eigenvalue weighted by atomic mass is 16.5. The second kappa shape index (κ2) is 6.36. The van der Waals surface area contributed by atoms with Gasteiger partial charge in [0.25, 0.3) is 0 Å². The van der Waals surface area contributed by atoms with Gasteiger partial charge in [-0.3, -0.25) is 4.79 Å². The molecule has 2 rings (SSSR count). The molecule has 1 atom stereocenters. The van der Waals surface area contributed by atoms with Crippen LogP contribution in [0.4, 0.5) is 0 Å². The van der Waals surface area contributed by atoms with Crippen LogP contribution in [-0.4, -0.2) is 37.7 Å². The van der Waals surface area contributed by atoms with Gasteiger partial charge in [-0.1, -0.05) is 6.42 Å². The fourth-order valence-corrected chi connectivity index (χ4v) is 2.65. The molecule has 0 aromatic rings. The van der Waals surface area contributed by atoms with Crippen LogP contribution in [0.25, 0.3) is 0 Å². The third-order valence-electron chi connectivity index (χ3n) is 3.93. The number of carbonyl (C=O) groups excluding carboxylic acids is 1. The first-order valence-electron chi connectivity index (χ1n) is 6.83. The minimum Gasteiger partial charge on any atom is -0.381 e. The Balaban J connectivity index is 1.55. The van der Waals surface area contributed by atoms with E-state index in [0.717, 1.165) is 25.8 Å². The van der Waals surface area contributed by atoms with E-state index >= 15 is 0 Å². The fourth-order valence-electron chi connectivity index (χ4n) is 2.65. The maximum Gasteiger partial charge on any atom is 0.220 e. The van der Waals surface area contributed by atoms with E-state index in [0.29, 0.717) is 24.6 Å². The number of ether oxygens (including phenoxy) is 1. The van der Waals surface area contributed by atoms with Gasteiger partial charge in [0.15, 0.2) is 0 Å². The van der Waals surface area contributed by atoms with Crippen molar-refractivity contribution in [3.8, 4) is 0 Å². The van der Waals surface area contributed by atoms with Crippen molar-refractivity contribution < 1.29 is 9.53 Å². The topological polar surface area (TPSA) is 50.4 Å². The molecule has 1 heterocycles. The molecule has 2 aliphatic rings. The summed E-state index contributed by atoms with van der Waals surface area (Å²) in [6, 6.07) is 0.911. The third kappa shape index (κ3) is 3.96. The van der Waals surface area contributed by atoms with Gasteiger partial charge in [0.2, 0.25) is 5.91 Å². The number of piperidine rings is 1. The highest BCUT2D eigenvalue weighted by Gasteiger charge is 2.30. The first kappa shape index (κ1) is 12.8. The highest BCUT2D eigenvalue weighted by molar-refractivity contribution is 5.76. The molecule has 1 aliphatic heterocycles. The van der Waals surface area contributed by atoms with Crippen LogP contribution < -0.4 is 10.6 Å². The van der Waals surface area contributed by atoms with Gasteiger partial charge < -0.3 is 15.4 Å². The molecular weight excluding hydrogens is 216 g/mol. The van der Waals surface area contributed by atoms with E-state index in [1.165, 1.54) is 19.3 Å². The van der Waals surface area contributed by atoms with Crippen LogP contribution in [0.2, 0.25) is 0 Å². The maximum atomic E-state index is 11.7. The number of hydrogen-bond donors (Lipinski definition) is 2. The molecule has 0 spiro atoms. The highest BCUT2D eigenvalue weighted by Crippen LogP contribution is 2.22. The van der Waals surface area contributed by atoms with E-state index < -0.39 is 0 Å². The third-order valence-corrected chi connectivity index (χ3v) is 3.93. The van der Waals surface area contributed by atoms with Gasteiger partial charge >= 0.3 is 0 Å². The Bertz CT molecular complexity index is 246. The summed E-state index contributed by atoms with van der Waals surface area (Å²) in [5.41, 5.74) is 0. The normalized spacial score (nSPS) is 32.9. The number of rotatable bonds is 5. The van der Waals surface area contributed by atoms with Crippen molar-refractivity contribution in [1.29, 1.82) is 0 Å². The number of hydrogen-bond acceptors (Lipinski definition) is 3. The minimum atomic E-state index is 0.205. The van der Waals surface area contributed by atoms with Crippen molar-refractivity contribution in [3.05, 3.63) is 0 Å². The molecule has 17 heavy (non-hydrogen) atoms. The van der Waals surface area contributed by atoms with E-state index in [4.69, 9.17) is 4.74 Å². The minimum absolute atomic E-state index is 0.205. The van der Waals surface area contributed by atoms with E-state index in [1.54, 1.807) is 7.11 Å². The van der Waals surface area contributed by atoms with Crippen LogP contribution in [0.1, 0.15) is 44.9 Å². The maximum absolute atomic E-state index is 11.7. The van der Waals surface area contributed by atoms with Gasteiger partial charge in [0.1, 0.15) is 0 Å². The first-order valence-corrected chi connectivity index (χ1v) is 6.83. The van der Waals surface area contributed by atoms with Crippen molar-refractivity contribution in [3.63, 3.8) is 0 Å². The summed E-state index contributed by atoms with van der Waals surface area (Å²) in [4.78, 5) is 11.7. The second-order valence-corrected chi connectivity index (χ2v) is 5.28. The van der Waals surface area contributed by atoms with Gasteiger partial charge in [0.05, 0.1) is 6.10 Å². The number of methoxy groups -OCH3 is 1. The molecule has 0 aromatic heterocycles. The van der Waals surface area contributed by atoms with Gasteiger partial charge in [-0.25, -0.2) is 0 Å². The quantitative estimate of drug-likeness (QED) is 0.759. The summed E-state index contributed by atoms with van der Waals surface area (Å²) >= 11 is 0. The lowest BCUT2D eigenvalue weighted by atomic mass is 9.89. The molecule has 0 bridgehead atoms. The van der Waals surface area contributed by atoms with Crippen LogP contribution in [0, 0.1) is 0 Å². The van der Waals surface area contributed by atoms with Crippen LogP contribution in [-0.2, 0) is 9.53 Å². The molecule has 1 saturated carbocycles. The molecular formula is C13H24N2O2. The molecule has 98 valence electrons. The Morgan fingerprint density at radius 3 is 2.88 bits per heavy atom. The Morgan fingerprint density at radius 2 is 2.24 bits per heavy atom. The van der Waals surface area contributed by atoms with E-state index in [1.807, 2.05) is 0 Å². The zero-order chi connectivity index (χ0) is 12.1. The molecule has 2 N–H and O–H groups in total. The number of amides is 1. The van der Waals surface area contributed by atoms with Crippen LogP contribution in [0.15, 0.2) is 0 Å². The zero-order valence-corrected chi connectivity index (χ0v) is 10.7. The van der Waals surface area contributed by atoms with Gasteiger partial charge in [0, 0.05) is 25.6 Å². The van der Waals surface area contributed by atoms with Gasteiger partial charge in [-0.05, 0) is 38.6 Å². The van der Waals surface area contributed by atoms with Gasteiger partial charge in [-0.15, -0.1) is 0 Å². The van der Waals surface area contributed by atoms with Crippen molar-refractivity contribution in [2.75, 3.05) is 13.7 Å². The standard InChI is InChI=1S/C13H24N2O2/c1-17-12-8-11(9-12)15-13(16)6-5-10-4-2-3-7-14-10/h10-12,14H,2-9H2,1H3,(H,15,16). The molecule has 1 amide bonds. The molecule has 1 saturated heterocycles. The lowest BCUT2D eigenvalue weighted by molar-refractivity contribution is -0.123. The van der Waals surface area contributed by atoms with Crippen molar-refractivity contribution in [2.45, 2.75) is 63.1 Å². The molecule has 1 aliphatic carbocycles. The van der Waals surface area contributed by atoms with E-state index in [2.05, 4.69) is 10.6 Å². The SMILES string of the molecule is COC1CC(NC(=O)CCC2CCCCN2)C1. The monoisotopic (exact) mass is 240 g/mol. The molecule has 4 heteroatoms. The van der Waals surface area contributed by atoms with E-state index in [9.17, 15) is 4.79 Å². The fraction of sp³-hybridized carbons (Fsp3) is 0.923. The Hall–Kier alpha value is -0.610. The Labute approximate surface area is 103 Å². The largest absolute Gasteiger partial charge is 0.381 e. The van der Waals surface area contributed by atoms with Crippen molar-refractivity contribution in [2.24, 2.45) is 0 Å². The van der Waals surface area contributed by atoms with Crippen LogP contribution in [0.3, 0.4) is 0 Å². The molecule has 0 aromatic carbocycles. The average molecular weight is 240 g/mol. The smallest absolute Gasteiger partial charge is 0.220 e. The summed E-state index contributed by atoms with van der Waals surface area (Å²) in [5.74, 6) is 0.205. The Kier molecular flexibility index (Phi) is 4.80. The molecule has 0 radical (unpaired) electrons. The summed E-state index contributed by atoms with van der Waals surface area (Å²) in [6.45, 7) is 1.12. The summed E-state index contributed by atoms with van der Waals surface area (Å²) in [5, 5.41) is 6.55. The lowest BCUT2D eigenvalue weighted by Crippen LogP contribution is -2.47. The second-order valence-electron chi connectivity index (χ2n) is 5.28. The molecule has 1 unspecified atom stereocenters. The van der Waals surface area contributed by atoms with Gasteiger partial charge in [-0.2, -0.15) is 0 Å². The number of carbonyl (C=O) groups is 1. The predicted octanol–water partition coefficient (Wildman–Crippen LogP) is 1.20. The summed E-state index contributed by atoms with van der Waals surface area (Å²) in [6.07, 6.45) is 7.76. The van der Waals surface area contributed by atoms with Crippen molar-refractivity contribution in [1.82, 2.24) is 10.6 Å². The average Bonchev–Trinajstić information content (AvgIpc) is 2.32. The summed E-state index contributed by atoms with van der Waals surface area (Å²) < 4.78 is 5.19. The van der Waals surface area contributed by atoms with Crippen LogP contribution >= 0.6 is 0 Å². The number of nitrogens with one attached hydrogen (secondary N) is 2. The Morgan fingerprint density at radius 1 is 1.41 bits per heavy atom. The lowest BCUT2D eigenvalue weighted by Gasteiger charge is -2.34.